The van der Waals surface area contributed by atoms with Crippen LogP contribution in [0.1, 0.15) is 32.8 Å². The third-order valence-corrected chi connectivity index (χ3v) is 3.67. The fourth-order valence-electron chi connectivity index (χ4n) is 1.68. The van der Waals surface area contributed by atoms with Crippen LogP contribution in [0.5, 0.6) is 0 Å². The maximum absolute atomic E-state index is 11.9. The minimum Gasteiger partial charge on any atom is -0.330 e. The molecule has 5 nitrogen and oxygen atoms in total. The number of hydrogen-bond acceptors (Lipinski definition) is 3. The van der Waals surface area contributed by atoms with Crippen LogP contribution < -0.4 is 15.2 Å². The van der Waals surface area contributed by atoms with Gasteiger partial charge in [0.15, 0.2) is 0 Å². The van der Waals surface area contributed by atoms with E-state index in [1.807, 2.05) is 18.2 Å². The highest BCUT2D eigenvalue weighted by molar-refractivity contribution is 7.90. The van der Waals surface area contributed by atoms with Crippen LogP contribution in [0.3, 0.4) is 0 Å². The van der Waals surface area contributed by atoms with Gasteiger partial charge in [0.25, 0.3) is 10.2 Å². The Kier molecular flexibility index (Phi) is 5.34. The van der Waals surface area contributed by atoms with Gasteiger partial charge in [-0.2, -0.15) is 13.1 Å². The molecule has 4 N–H and O–H groups in total. The lowest BCUT2D eigenvalue weighted by Gasteiger charge is -2.21. The largest absolute Gasteiger partial charge is 0.330 e. The molecule has 0 saturated carbocycles. The van der Waals surface area contributed by atoms with Gasteiger partial charge in [0.2, 0.25) is 0 Å². The van der Waals surface area contributed by atoms with Gasteiger partial charge >= 0.3 is 0 Å². The van der Waals surface area contributed by atoms with Crippen molar-refractivity contribution >= 4 is 15.9 Å². The molecule has 0 radical (unpaired) electrons. The average molecular weight is 285 g/mol. The van der Waals surface area contributed by atoms with E-state index < -0.39 is 15.7 Å². The monoisotopic (exact) mass is 285 g/mol. The van der Waals surface area contributed by atoms with Crippen molar-refractivity contribution in [1.29, 1.82) is 0 Å². The highest BCUT2D eigenvalue weighted by Crippen LogP contribution is 2.14. The summed E-state index contributed by atoms with van der Waals surface area (Å²) in [5.74, 6) is 0. The Hall–Kier alpha value is -1.11. The second kappa shape index (κ2) is 6.36. The zero-order valence-corrected chi connectivity index (χ0v) is 12.5. The first-order valence-electron chi connectivity index (χ1n) is 6.32. The van der Waals surface area contributed by atoms with Gasteiger partial charge in [-0.1, -0.05) is 12.1 Å². The first-order valence-corrected chi connectivity index (χ1v) is 7.81. The van der Waals surface area contributed by atoms with Crippen LogP contribution in [0.4, 0.5) is 5.69 Å². The number of nitrogens with two attached hydrogens (primary N) is 1. The number of anilines is 1. The van der Waals surface area contributed by atoms with E-state index in [0.29, 0.717) is 12.2 Å². The molecule has 0 spiro atoms. The number of nitrogens with one attached hydrogen (secondary N) is 2. The van der Waals surface area contributed by atoms with E-state index in [9.17, 15) is 8.42 Å². The molecule has 19 heavy (non-hydrogen) atoms. The van der Waals surface area contributed by atoms with Crippen molar-refractivity contribution in [2.24, 2.45) is 5.73 Å². The van der Waals surface area contributed by atoms with Gasteiger partial charge in [-0.15, -0.1) is 0 Å². The van der Waals surface area contributed by atoms with Gasteiger partial charge in [0.1, 0.15) is 0 Å². The van der Waals surface area contributed by atoms with Crippen molar-refractivity contribution < 1.29 is 8.42 Å². The van der Waals surface area contributed by atoms with E-state index in [1.165, 1.54) is 0 Å². The second-order valence-corrected chi connectivity index (χ2v) is 6.97. The fourth-order valence-corrected chi connectivity index (χ4v) is 2.97. The molecule has 0 bridgehead atoms. The van der Waals surface area contributed by atoms with Crippen molar-refractivity contribution in [3.8, 4) is 0 Å². The third-order valence-electron chi connectivity index (χ3n) is 2.29. The standard InChI is InChI=1S/C13H23N3O2S/c1-13(2,3)16-19(17,18)15-12-8-4-6-11(10-12)7-5-9-14/h4,6,8,10,15-16H,5,7,9,14H2,1-3H3. The fraction of sp³-hybridized carbons (Fsp3) is 0.538. The summed E-state index contributed by atoms with van der Waals surface area (Å²) >= 11 is 0. The van der Waals surface area contributed by atoms with E-state index in [2.05, 4.69) is 9.44 Å². The molecule has 0 unspecified atom stereocenters. The van der Waals surface area contributed by atoms with Crippen LogP contribution >= 0.6 is 0 Å². The number of hydrogen-bond donors (Lipinski definition) is 3. The van der Waals surface area contributed by atoms with Crippen molar-refractivity contribution in [1.82, 2.24) is 4.72 Å². The van der Waals surface area contributed by atoms with Crippen molar-refractivity contribution in [2.45, 2.75) is 39.2 Å². The first-order chi connectivity index (χ1) is 8.72. The summed E-state index contributed by atoms with van der Waals surface area (Å²) in [7, 11) is -3.55. The molecule has 0 aromatic heterocycles. The Labute approximate surface area is 115 Å². The molecule has 0 aliphatic rings. The summed E-state index contributed by atoms with van der Waals surface area (Å²) in [5, 5.41) is 0. The van der Waals surface area contributed by atoms with Crippen LogP contribution in [0, 0.1) is 0 Å². The van der Waals surface area contributed by atoms with Gasteiger partial charge in [-0.05, 0) is 57.9 Å². The maximum Gasteiger partial charge on any atom is 0.299 e. The topological polar surface area (TPSA) is 84.2 Å². The van der Waals surface area contributed by atoms with Gasteiger partial charge < -0.3 is 5.73 Å². The molecule has 0 amide bonds. The van der Waals surface area contributed by atoms with Crippen LogP contribution in [0.25, 0.3) is 0 Å². The lowest BCUT2D eigenvalue weighted by atomic mass is 10.1. The van der Waals surface area contributed by atoms with Gasteiger partial charge in [0.05, 0.1) is 5.69 Å². The SMILES string of the molecule is CC(C)(C)NS(=O)(=O)Nc1cccc(CCCN)c1. The van der Waals surface area contributed by atoms with E-state index in [0.717, 1.165) is 18.4 Å². The summed E-state index contributed by atoms with van der Waals surface area (Å²) in [6.07, 6.45) is 1.73. The zero-order chi connectivity index (χ0) is 14.5. The van der Waals surface area contributed by atoms with Gasteiger partial charge in [0, 0.05) is 5.54 Å². The number of aryl methyl sites for hydroxylation is 1. The molecule has 0 saturated heterocycles. The van der Waals surface area contributed by atoms with Crippen LogP contribution in [0.15, 0.2) is 24.3 Å². The Morgan fingerprint density at radius 1 is 1.26 bits per heavy atom. The van der Waals surface area contributed by atoms with Gasteiger partial charge in [-0.25, -0.2) is 0 Å². The molecule has 108 valence electrons. The van der Waals surface area contributed by atoms with Gasteiger partial charge in [-0.3, -0.25) is 4.72 Å². The predicted octanol–water partition coefficient (Wildman–Crippen LogP) is 1.62. The smallest absolute Gasteiger partial charge is 0.299 e. The van der Waals surface area contributed by atoms with E-state index >= 15 is 0 Å². The molecule has 0 aliphatic heterocycles. The van der Waals surface area contributed by atoms with Crippen molar-refractivity contribution in [2.75, 3.05) is 11.3 Å². The Bertz CT molecular complexity index is 507. The van der Waals surface area contributed by atoms with Crippen LogP contribution in [0.2, 0.25) is 0 Å². The first kappa shape index (κ1) is 15.9. The zero-order valence-electron chi connectivity index (χ0n) is 11.7. The Morgan fingerprint density at radius 2 is 1.95 bits per heavy atom. The second-order valence-electron chi connectivity index (χ2n) is 5.55. The molecular weight excluding hydrogens is 262 g/mol. The summed E-state index contributed by atoms with van der Waals surface area (Å²) in [4.78, 5) is 0. The lowest BCUT2D eigenvalue weighted by Crippen LogP contribution is -2.43. The summed E-state index contributed by atoms with van der Waals surface area (Å²) in [6, 6.07) is 7.36. The molecular formula is C13H23N3O2S. The molecule has 0 atom stereocenters. The van der Waals surface area contributed by atoms with E-state index in [-0.39, 0.29) is 0 Å². The normalized spacial score (nSPS) is 12.4. The van der Waals surface area contributed by atoms with Crippen molar-refractivity contribution in [3.05, 3.63) is 29.8 Å². The summed E-state index contributed by atoms with van der Waals surface area (Å²) in [5.41, 5.74) is 6.59. The molecule has 1 aromatic carbocycles. The highest BCUT2D eigenvalue weighted by atomic mass is 32.2. The minimum absolute atomic E-state index is 0.511. The predicted molar refractivity (Wildman–Crippen MR) is 79.2 cm³/mol. The lowest BCUT2D eigenvalue weighted by molar-refractivity contribution is 0.494. The number of rotatable bonds is 6. The third kappa shape index (κ3) is 6.56. The molecule has 0 fully saturated rings. The molecule has 6 heteroatoms. The van der Waals surface area contributed by atoms with E-state index in [1.54, 1.807) is 26.8 Å². The molecule has 0 aliphatic carbocycles. The Balaban J connectivity index is 2.76. The van der Waals surface area contributed by atoms with Crippen LogP contribution in [-0.2, 0) is 16.6 Å². The van der Waals surface area contributed by atoms with Crippen molar-refractivity contribution in [3.63, 3.8) is 0 Å². The van der Waals surface area contributed by atoms with E-state index in [4.69, 9.17) is 5.73 Å². The molecule has 0 heterocycles. The summed E-state index contributed by atoms with van der Waals surface area (Å²) in [6.45, 7) is 6.01. The Morgan fingerprint density at radius 3 is 2.53 bits per heavy atom. The molecule has 1 rings (SSSR count). The average Bonchev–Trinajstić information content (AvgIpc) is 2.22. The number of benzene rings is 1. The summed E-state index contributed by atoms with van der Waals surface area (Å²) < 4.78 is 28.9. The highest BCUT2D eigenvalue weighted by Gasteiger charge is 2.19. The molecule has 1 aromatic rings. The minimum atomic E-state index is -3.55. The van der Waals surface area contributed by atoms with Crippen LogP contribution in [-0.4, -0.2) is 20.5 Å². The quantitative estimate of drug-likeness (QED) is 0.742. The maximum atomic E-state index is 11.9.